The molecule has 0 atom stereocenters. The molecule has 0 aliphatic carbocycles. The van der Waals surface area contributed by atoms with E-state index < -0.39 is 0 Å². The molecule has 0 amide bonds. The molecule has 0 aromatic heterocycles. The molecular formula is C10H13ClFNO. The maximum absolute atomic E-state index is 12.7. The molecule has 2 nitrogen and oxygen atoms in total. The van der Waals surface area contributed by atoms with Gasteiger partial charge >= 0.3 is 0 Å². The number of rotatable bonds is 4. The maximum Gasteiger partial charge on any atom is 0.139 e. The highest BCUT2D eigenvalue weighted by molar-refractivity contribution is 5.85. The highest BCUT2D eigenvalue weighted by Gasteiger charge is 1.95. The number of nitrogens with two attached hydrogens (primary N) is 1. The smallest absolute Gasteiger partial charge is 0.139 e. The van der Waals surface area contributed by atoms with Crippen LogP contribution < -0.4 is 10.5 Å². The van der Waals surface area contributed by atoms with Gasteiger partial charge in [-0.2, -0.15) is 0 Å². The van der Waals surface area contributed by atoms with Gasteiger partial charge in [0.2, 0.25) is 0 Å². The first-order valence-electron chi connectivity index (χ1n) is 4.05. The molecule has 0 aliphatic heterocycles. The van der Waals surface area contributed by atoms with Crippen molar-refractivity contribution in [2.75, 3.05) is 13.2 Å². The summed E-state index contributed by atoms with van der Waals surface area (Å²) in [6.45, 7) is 0.144. The van der Waals surface area contributed by atoms with E-state index in [1.807, 2.05) is 18.2 Å². The zero-order valence-corrected chi connectivity index (χ0v) is 8.47. The molecule has 4 heteroatoms. The Hall–Kier alpha value is -1.06. The Kier molecular flexibility index (Phi) is 6.80. The van der Waals surface area contributed by atoms with Crippen LogP contribution in [0.4, 0.5) is 4.39 Å². The lowest BCUT2D eigenvalue weighted by atomic mass is 10.3. The van der Waals surface area contributed by atoms with E-state index in [2.05, 4.69) is 0 Å². The quantitative estimate of drug-likeness (QED) is 0.840. The van der Waals surface area contributed by atoms with E-state index >= 15 is 0 Å². The molecule has 1 rings (SSSR count). The van der Waals surface area contributed by atoms with Gasteiger partial charge in [-0.3, -0.25) is 0 Å². The Labute approximate surface area is 89.0 Å². The second-order valence-corrected chi connectivity index (χ2v) is 2.49. The molecule has 0 fully saturated rings. The molecule has 78 valence electrons. The Balaban J connectivity index is 0.00000169. The molecule has 1 aromatic carbocycles. The predicted molar refractivity (Wildman–Crippen MR) is 57.4 cm³/mol. The van der Waals surface area contributed by atoms with E-state index in [0.29, 0.717) is 5.75 Å². The van der Waals surface area contributed by atoms with Crippen LogP contribution in [0.15, 0.2) is 42.2 Å². The third-order valence-electron chi connectivity index (χ3n) is 1.46. The molecule has 0 saturated carbocycles. The Morgan fingerprint density at radius 1 is 1.36 bits per heavy atom. The average molecular weight is 218 g/mol. The lowest BCUT2D eigenvalue weighted by Crippen LogP contribution is -2.01. The zero-order valence-electron chi connectivity index (χ0n) is 7.65. The van der Waals surface area contributed by atoms with Crippen LogP contribution in [0.3, 0.4) is 0 Å². The summed E-state index contributed by atoms with van der Waals surface area (Å²) in [5, 5.41) is 0. The second-order valence-electron chi connectivity index (χ2n) is 2.49. The molecule has 2 N–H and O–H groups in total. The van der Waals surface area contributed by atoms with Crippen molar-refractivity contribution in [1.29, 1.82) is 0 Å². The normalized spacial score (nSPS) is 10.6. The maximum atomic E-state index is 12.7. The van der Waals surface area contributed by atoms with Crippen molar-refractivity contribution >= 4 is 12.4 Å². The van der Waals surface area contributed by atoms with Crippen LogP contribution in [-0.2, 0) is 0 Å². The predicted octanol–water partition coefficient (Wildman–Crippen LogP) is 2.30. The minimum absolute atomic E-state index is 0. The minimum atomic E-state index is -0.341. The molecule has 0 aliphatic rings. The van der Waals surface area contributed by atoms with Crippen LogP contribution >= 0.6 is 12.4 Å². The third kappa shape index (κ3) is 4.84. The van der Waals surface area contributed by atoms with Gasteiger partial charge < -0.3 is 10.5 Å². The monoisotopic (exact) mass is 217 g/mol. The molecule has 14 heavy (non-hydrogen) atoms. The average Bonchev–Trinajstić information content (AvgIpc) is 2.17. The highest BCUT2D eigenvalue weighted by Crippen LogP contribution is 2.09. The van der Waals surface area contributed by atoms with Gasteiger partial charge in [0.15, 0.2) is 0 Å². The van der Waals surface area contributed by atoms with Crippen molar-refractivity contribution in [3.63, 3.8) is 0 Å². The van der Waals surface area contributed by atoms with Crippen molar-refractivity contribution in [3.05, 3.63) is 42.2 Å². The third-order valence-corrected chi connectivity index (χ3v) is 1.46. The summed E-state index contributed by atoms with van der Waals surface area (Å²) in [6.07, 6.45) is 1.29. The van der Waals surface area contributed by atoms with E-state index in [1.165, 1.54) is 6.08 Å². The lowest BCUT2D eigenvalue weighted by molar-refractivity contribution is 0.318. The van der Waals surface area contributed by atoms with Crippen molar-refractivity contribution in [3.8, 4) is 5.75 Å². The summed E-state index contributed by atoms with van der Waals surface area (Å²) >= 11 is 0. The summed E-state index contributed by atoms with van der Waals surface area (Å²) in [4.78, 5) is 0. The molecule has 0 spiro atoms. The molecule has 0 heterocycles. The van der Waals surface area contributed by atoms with Crippen LogP contribution in [-0.4, -0.2) is 13.2 Å². The number of benzene rings is 1. The highest BCUT2D eigenvalue weighted by atomic mass is 35.5. The van der Waals surface area contributed by atoms with Crippen LogP contribution in [0.5, 0.6) is 5.75 Å². The number of ether oxygens (including phenoxy) is 1. The summed E-state index contributed by atoms with van der Waals surface area (Å²) in [5.74, 6) is 0.314. The van der Waals surface area contributed by atoms with Crippen molar-refractivity contribution < 1.29 is 9.13 Å². The van der Waals surface area contributed by atoms with Crippen LogP contribution in [0, 0.1) is 0 Å². The fourth-order valence-electron chi connectivity index (χ4n) is 0.856. The summed E-state index contributed by atoms with van der Waals surface area (Å²) in [5.41, 5.74) is 5.13. The van der Waals surface area contributed by atoms with Crippen molar-refractivity contribution in [2.24, 2.45) is 5.73 Å². The fraction of sp³-hybridized carbons (Fsp3) is 0.200. The first kappa shape index (κ1) is 12.9. The molecule has 0 bridgehead atoms. The SMILES string of the molecule is Cl.NC/C=C(/F)COc1ccccc1. The Morgan fingerprint density at radius 3 is 2.57 bits per heavy atom. The molecule has 0 unspecified atom stereocenters. The van der Waals surface area contributed by atoms with E-state index in [1.54, 1.807) is 12.1 Å². The summed E-state index contributed by atoms with van der Waals surface area (Å²) < 4.78 is 17.9. The van der Waals surface area contributed by atoms with Gasteiger partial charge in [-0.1, -0.05) is 18.2 Å². The summed E-state index contributed by atoms with van der Waals surface area (Å²) in [7, 11) is 0. The van der Waals surface area contributed by atoms with Crippen LogP contribution in [0.1, 0.15) is 0 Å². The molecular weight excluding hydrogens is 205 g/mol. The van der Waals surface area contributed by atoms with Gasteiger partial charge in [0.05, 0.1) is 0 Å². The number of hydrogen-bond donors (Lipinski definition) is 1. The first-order valence-corrected chi connectivity index (χ1v) is 4.05. The van der Waals surface area contributed by atoms with Crippen LogP contribution in [0.25, 0.3) is 0 Å². The van der Waals surface area contributed by atoms with Gasteiger partial charge in [0.1, 0.15) is 18.2 Å². The fourth-order valence-corrected chi connectivity index (χ4v) is 0.856. The molecule has 1 aromatic rings. The summed E-state index contributed by atoms with van der Waals surface area (Å²) in [6, 6.07) is 9.09. The zero-order chi connectivity index (χ0) is 9.52. The first-order chi connectivity index (χ1) is 6.33. The topological polar surface area (TPSA) is 35.2 Å². The van der Waals surface area contributed by atoms with Crippen molar-refractivity contribution in [1.82, 2.24) is 0 Å². The van der Waals surface area contributed by atoms with Crippen LogP contribution in [0.2, 0.25) is 0 Å². The van der Waals surface area contributed by atoms with E-state index in [-0.39, 0.29) is 31.4 Å². The Morgan fingerprint density at radius 2 is 2.00 bits per heavy atom. The standard InChI is InChI=1S/C10H12FNO.ClH/c11-9(6-7-12)8-13-10-4-2-1-3-5-10;/h1-6H,7-8,12H2;1H/b9-6+;. The number of para-hydroxylation sites is 1. The van der Waals surface area contributed by atoms with E-state index in [4.69, 9.17) is 10.5 Å². The number of halogens is 2. The largest absolute Gasteiger partial charge is 0.487 e. The minimum Gasteiger partial charge on any atom is -0.487 e. The van der Waals surface area contributed by atoms with Gasteiger partial charge in [-0.15, -0.1) is 12.4 Å². The lowest BCUT2D eigenvalue weighted by Gasteiger charge is -2.03. The van der Waals surface area contributed by atoms with Gasteiger partial charge in [-0.25, -0.2) is 4.39 Å². The Bertz CT molecular complexity index is 277. The van der Waals surface area contributed by atoms with Gasteiger partial charge in [0, 0.05) is 6.54 Å². The van der Waals surface area contributed by atoms with Gasteiger partial charge in [0.25, 0.3) is 0 Å². The van der Waals surface area contributed by atoms with E-state index in [9.17, 15) is 4.39 Å². The van der Waals surface area contributed by atoms with Crippen molar-refractivity contribution in [2.45, 2.75) is 0 Å². The number of hydrogen-bond acceptors (Lipinski definition) is 2. The molecule has 0 saturated heterocycles. The second kappa shape index (κ2) is 7.35. The van der Waals surface area contributed by atoms with E-state index in [0.717, 1.165) is 0 Å². The molecule has 0 radical (unpaired) electrons. The van der Waals surface area contributed by atoms with Gasteiger partial charge in [-0.05, 0) is 18.2 Å².